The summed E-state index contributed by atoms with van der Waals surface area (Å²) in [6.07, 6.45) is 2.40. The van der Waals surface area contributed by atoms with Gasteiger partial charge in [-0.3, -0.25) is 14.9 Å². The Morgan fingerprint density at radius 3 is 2.72 bits per heavy atom. The molecule has 1 saturated carbocycles. The summed E-state index contributed by atoms with van der Waals surface area (Å²) in [6, 6.07) is 4.42. The van der Waals surface area contributed by atoms with Crippen molar-refractivity contribution in [2.75, 3.05) is 7.11 Å². The third kappa shape index (κ3) is 4.61. The second-order valence-corrected chi connectivity index (χ2v) is 6.73. The molecule has 1 aromatic rings. The van der Waals surface area contributed by atoms with Crippen LogP contribution in [0.15, 0.2) is 18.2 Å². The van der Waals surface area contributed by atoms with Gasteiger partial charge >= 0.3 is 5.69 Å². The van der Waals surface area contributed by atoms with Crippen molar-refractivity contribution in [3.05, 3.63) is 28.3 Å². The van der Waals surface area contributed by atoms with Crippen LogP contribution >= 0.6 is 0 Å². The van der Waals surface area contributed by atoms with E-state index < -0.39 is 11.0 Å². The lowest BCUT2D eigenvalue weighted by Crippen LogP contribution is -2.48. The van der Waals surface area contributed by atoms with Crippen molar-refractivity contribution in [1.82, 2.24) is 5.32 Å². The fourth-order valence-electron chi connectivity index (χ4n) is 3.20. The molecule has 0 radical (unpaired) electrons. The van der Waals surface area contributed by atoms with Gasteiger partial charge in [-0.05, 0) is 37.3 Å². The number of nitrogens with one attached hydrogen (secondary N) is 1. The Morgan fingerprint density at radius 2 is 2.08 bits per heavy atom. The second-order valence-electron chi connectivity index (χ2n) is 6.73. The minimum Gasteiger partial charge on any atom is -0.496 e. The summed E-state index contributed by atoms with van der Waals surface area (Å²) in [4.78, 5) is 23.1. The Bertz CT molecular complexity index is 634. The van der Waals surface area contributed by atoms with E-state index in [4.69, 9.17) is 9.47 Å². The van der Waals surface area contributed by atoms with E-state index in [1.807, 2.05) is 0 Å². The molecule has 0 aromatic heterocycles. The van der Waals surface area contributed by atoms with Crippen LogP contribution in [0.5, 0.6) is 11.5 Å². The fourth-order valence-corrected chi connectivity index (χ4v) is 3.20. The van der Waals surface area contributed by atoms with Crippen molar-refractivity contribution in [2.45, 2.75) is 52.2 Å². The first kappa shape index (κ1) is 19.0. The third-order valence-corrected chi connectivity index (χ3v) is 5.07. The van der Waals surface area contributed by atoms with Gasteiger partial charge in [0.25, 0.3) is 5.91 Å². The first-order valence-corrected chi connectivity index (χ1v) is 8.63. The molecule has 1 N–H and O–H groups in total. The summed E-state index contributed by atoms with van der Waals surface area (Å²) >= 11 is 0. The predicted octanol–water partition coefficient (Wildman–Crippen LogP) is 3.31. The average molecular weight is 350 g/mol. The number of hydrogen-bond donors (Lipinski definition) is 1. The number of methoxy groups -OCH3 is 1. The van der Waals surface area contributed by atoms with Gasteiger partial charge in [0.2, 0.25) is 0 Å². The molecule has 0 spiro atoms. The van der Waals surface area contributed by atoms with Gasteiger partial charge < -0.3 is 14.8 Å². The number of nitro benzene ring substituents is 1. The van der Waals surface area contributed by atoms with Crippen LogP contribution < -0.4 is 14.8 Å². The van der Waals surface area contributed by atoms with Crippen molar-refractivity contribution in [1.29, 1.82) is 0 Å². The van der Waals surface area contributed by atoms with Gasteiger partial charge in [-0.15, -0.1) is 0 Å². The van der Waals surface area contributed by atoms with Crippen LogP contribution in [-0.4, -0.2) is 30.1 Å². The molecule has 2 rings (SSSR count). The number of ether oxygens (including phenoxy) is 2. The van der Waals surface area contributed by atoms with Gasteiger partial charge in [0, 0.05) is 6.04 Å². The molecule has 1 amide bonds. The topological polar surface area (TPSA) is 90.7 Å². The van der Waals surface area contributed by atoms with E-state index in [-0.39, 0.29) is 23.4 Å². The number of carbonyl (C=O) groups excluding carboxylic acids is 1. The highest BCUT2D eigenvalue weighted by molar-refractivity contribution is 5.81. The number of nitro groups is 1. The van der Waals surface area contributed by atoms with Crippen LogP contribution in [-0.2, 0) is 4.79 Å². The average Bonchev–Trinajstić information content (AvgIpc) is 2.59. The lowest BCUT2D eigenvalue weighted by molar-refractivity contribution is -0.386. The molecule has 4 atom stereocenters. The molecule has 7 heteroatoms. The van der Waals surface area contributed by atoms with Gasteiger partial charge in [0.15, 0.2) is 11.9 Å². The van der Waals surface area contributed by atoms with E-state index in [1.54, 1.807) is 13.0 Å². The molecule has 1 aliphatic carbocycles. The van der Waals surface area contributed by atoms with Crippen LogP contribution in [0.4, 0.5) is 5.69 Å². The Balaban J connectivity index is 2.05. The van der Waals surface area contributed by atoms with Gasteiger partial charge in [-0.25, -0.2) is 0 Å². The third-order valence-electron chi connectivity index (χ3n) is 5.07. The van der Waals surface area contributed by atoms with Crippen LogP contribution in [0.2, 0.25) is 0 Å². The summed E-state index contributed by atoms with van der Waals surface area (Å²) in [5.74, 6) is 1.13. The minimum absolute atomic E-state index is 0.0542. The van der Waals surface area contributed by atoms with Crippen molar-refractivity contribution < 1.29 is 19.2 Å². The molecule has 0 saturated heterocycles. The van der Waals surface area contributed by atoms with Crippen molar-refractivity contribution in [3.63, 3.8) is 0 Å². The molecule has 7 nitrogen and oxygen atoms in total. The van der Waals surface area contributed by atoms with E-state index in [0.717, 1.165) is 12.8 Å². The lowest BCUT2D eigenvalue weighted by Gasteiger charge is -2.35. The first-order valence-electron chi connectivity index (χ1n) is 8.63. The minimum atomic E-state index is -0.823. The zero-order chi connectivity index (χ0) is 18.6. The lowest BCUT2D eigenvalue weighted by atomic mass is 9.78. The molecule has 138 valence electrons. The molecule has 1 aromatic carbocycles. The number of rotatable bonds is 6. The van der Waals surface area contributed by atoms with E-state index in [1.165, 1.54) is 25.7 Å². The molecule has 1 fully saturated rings. The summed E-state index contributed by atoms with van der Waals surface area (Å²) in [6.45, 7) is 5.94. The second kappa shape index (κ2) is 8.18. The number of hydrogen-bond acceptors (Lipinski definition) is 5. The predicted molar refractivity (Wildman–Crippen MR) is 93.8 cm³/mol. The normalized spacial score (nSPS) is 24.2. The summed E-state index contributed by atoms with van der Waals surface area (Å²) in [7, 11) is 1.43. The van der Waals surface area contributed by atoms with E-state index in [9.17, 15) is 14.9 Å². The van der Waals surface area contributed by atoms with Gasteiger partial charge in [-0.2, -0.15) is 0 Å². The largest absolute Gasteiger partial charge is 0.496 e. The maximum atomic E-state index is 12.4. The monoisotopic (exact) mass is 350 g/mol. The Kier molecular flexibility index (Phi) is 6.22. The highest BCUT2D eigenvalue weighted by Gasteiger charge is 2.30. The number of nitrogens with zero attached hydrogens (tertiary/aromatic N) is 1. The van der Waals surface area contributed by atoms with Crippen LogP contribution in [0.1, 0.15) is 40.0 Å². The molecular formula is C18H26N2O5. The molecule has 1 aliphatic rings. The van der Waals surface area contributed by atoms with Crippen LogP contribution in [0, 0.1) is 22.0 Å². The zero-order valence-corrected chi connectivity index (χ0v) is 15.2. The standard InChI is InChI=1S/C18H26N2O5/c1-11-6-5-7-15(12(11)2)19-18(21)13(3)25-17-9-8-14(24-4)10-16(17)20(22)23/h8-13,15H,5-7H2,1-4H3,(H,19,21)/t11-,12-,13-,15+/m1/s1. The summed E-state index contributed by atoms with van der Waals surface area (Å²) in [5.41, 5.74) is -0.223. The maximum Gasteiger partial charge on any atom is 0.314 e. The number of benzene rings is 1. The van der Waals surface area contributed by atoms with Crippen LogP contribution in [0.25, 0.3) is 0 Å². The highest BCUT2D eigenvalue weighted by atomic mass is 16.6. The molecule has 0 bridgehead atoms. The maximum absolute atomic E-state index is 12.4. The zero-order valence-electron chi connectivity index (χ0n) is 15.2. The molecular weight excluding hydrogens is 324 g/mol. The van der Waals surface area contributed by atoms with Gasteiger partial charge in [-0.1, -0.05) is 26.7 Å². The summed E-state index contributed by atoms with van der Waals surface area (Å²) < 4.78 is 10.6. The molecule has 25 heavy (non-hydrogen) atoms. The number of amides is 1. The fraction of sp³-hybridized carbons (Fsp3) is 0.611. The van der Waals surface area contributed by atoms with E-state index >= 15 is 0 Å². The quantitative estimate of drug-likeness (QED) is 0.628. The van der Waals surface area contributed by atoms with Crippen molar-refractivity contribution >= 4 is 11.6 Å². The van der Waals surface area contributed by atoms with Crippen molar-refractivity contribution in [2.24, 2.45) is 11.8 Å². The Labute approximate surface area is 147 Å². The Morgan fingerprint density at radius 1 is 1.36 bits per heavy atom. The highest BCUT2D eigenvalue weighted by Crippen LogP contribution is 2.32. The van der Waals surface area contributed by atoms with Gasteiger partial charge in [0.05, 0.1) is 18.1 Å². The molecule has 0 heterocycles. The number of carbonyl (C=O) groups is 1. The molecule has 0 aliphatic heterocycles. The summed E-state index contributed by atoms with van der Waals surface area (Å²) in [5, 5.41) is 14.2. The van der Waals surface area contributed by atoms with Crippen LogP contribution in [0.3, 0.4) is 0 Å². The van der Waals surface area contributed by atoms with Crippen molar-refractivity contribution in [3.8, 4) is 11.5 Å². The van der Waals surface area contributed by atoms with E-state index in [0.29, 0.717) is 17.6 Å². The SMILES string of the molecule is COc1ccc(O[C@H](C)C(=O)N[C@H]2CCC[C@@H](C)[C@H]2C)c([N+](=O)[O-])c1. The smallest absolute Gasteiger partial charge is 0.314 e. The first-order chi connectivity index (χ1) is 11.8. The molecule has 0 unspecified atom stereocenters. The van der Waals surface area contributed by atoms with E-state index in [2.05, 4.69) is 19.2 Å². The van der Waals surface area contributed by atoms with Gasteiger partial charge in [0.1, 0.15) is 5.75 Å². The Hall–Kier alpha value is -2.31.